The molecule has 2 aromatic carbocycles. The first kappa shape index (κ1) is 20.4. The average Bonchev–Trinajstić information content (AvgIpc) is 2.78. The van der Waals surface area contributed by atoms with Crippen LogP contribution in [0, 0.1) is 11.3 Å². The summed E-state index contributed by atoms with van der Waals surface area (Å²) in [7, 11) is 0. The quantitative estimate of drug-likeness (QED) is 0.367. The van der Waals surface area contributed by atoms with Gasteiger partial charge >= 0.3 is 0 Å². The number of ketones is 1. The van der Waals surface area contributed by atoms with Gasteiger partial charge in [-0.15, -0.1) is 0 Å². The molecule has 0 N–H and O–H groups in total. The number of fused-ring (bicyclic) bond motifs is 1. The van der Waals surface area contributed by atoms with Crippen LogP contribution in [0.5, 0.6) is 0 Å². The van der Waals surface area contributed by atoms with Gasteiger partial charge in [-0.1, -0.05) is 79.2 Å². The van der Waals surface area contributed by atoms with Crippen LogP contribution in [0.1, 0.15) is 52.9 Å². The van der Waals surface area contributed by atoms with Crippen molar-refractivity contribution in [3.8, 4) is 17.2 Å². The zero-order chi connectivity index (χ0) is 20.8. The summed E-state index contributed by atoms with van der Waals surface area (Å²) < 4.78 is 0. The molecule has 1 aromatic heterocycles. The Labute approximate surface area is 182 Å². The largest absolute Gasteiger partial charge is 0.293 e. The number of aromatic nitrogens is 1. The van der Waals surface area contributed by atoms with Crippen LogP contribution in [-0.4, -0.2) is 16.5 Å². The molecular formula is C26H24N2OS. The van der Waals surface area contributed by atoms with Crippen LogP contribution < -0.4 is 0 Å². The second-order valence-corrected chi connectivity index (χ2v) is 8.59. The second kappa shape index (κ2) is 9.73. The fourth-order valence-corrected chi connectivity index (χ4v) is 4.72. The molecular weight excluding hydrogens is 388 g/mol. The molecule has 0 radical (unpaired) electrons. The van der Waals surface area contributed by atoms with Gasteiger partial charge in [0.2, 0.25) is 0 Å². The summed E-state index contributed by atoms with van der Waals surface area (Å²) in [4.78, 5) is 17.5. The number of hydrogen-bond donors (Lipinski definition) is 0. The van der Waals surface area contributed by atoms with Crippen LogP contribution in [0.25, 0.3) is 11.1 Å². The summed E-state index contributed by atoms with van der Waals surface area (Å²) in [5.41, 5.74) is 5.82. The summed E-state index contributed by atoms with van der Waals surface area (Å²) in [6, 6.07) is 22.1. The molecule has 1 aliphatic carbocycles. The van der Waals surface area contributed by atoms with Crippen LogP contribution in [0.2, 0.25) is 0 Å². The van der Waals surface area contributed by atoms with Crippen LogP contribution in [0.3, 0.4) is 0 Å². The third-order valence-electron chi connectivity index (χ3n) is 5.54. The lowest BCUT2D eigenvalue weighted by atomic mass is 9.96. The van der Waals surface area contributed by atoms with Crippen molar-refractivity contribution < 1.29 is 4.79 Å². The minimum Gasteiger partial charge on any atom is -0.293 e. The SMILES string of the molecule is N#Cc1cc2c(nc1SCC(=O)c1ccc(-c3ccccc3)cc1)CCCCCC2. The molecule has 0 saturated carbocycles. The summed E-state index contributed by atoms with van der Waals surface area (Å²) in [6.45, 7) is 0. The van der Waals surface area contributed by atoms with Crippen molar-refractivity contribution in [2.24, 2.45) is 0 Å². The molecule has 3 nitrogen and oxygen atoms in total. The fraction of sp³-hybridized carbons (Fsp3) is 0.269. The second-order valence-electron chi connectivity index (χ2n) is 7.63. The van der Waals surface area contributed by atoms with Crippen molar-refractivity contribution >= 4 is 17.5 Å². The maximum absolute atomic E-state index is 12.7. The Kier molecular flexibility index (Phi) is 6.61. The summed E-state index contributed by atoms with van der Waals surface area (Å²) in [5.74, 6) is 0.336. The van der Waals surface area contributed by atoms with E-state index in [1.54, 1.807) is 0 Å². The first-order chi connectivity index (χ1) is 14.7. The molecule has 0 unspecified atom stereocenters. The van der Waals surface area contributed by atoms with Crippen molar-refractivity contribution in [3.63, 3.8) is 0 Å². The maximum atomic E-state index is 12.7. The molecule has 3 aromatic rings. The number of carbonyl (C=O) groups excluding carboxylic acids is 1. The zero-order valence-corrected chi connectivity index (χ0v) is 17.8. The highest BCUT2D eigenvalue weighted by Gasteiger charge is 2.16. The predicted molar refractivity (Wildman–Crippen MR) is 122 cm³/mol. The monoisotopic (exact) mass is 412 g/mol. The number of Topliss-reactive ketones (excluding diaryl/α,β-unsaturated/α-hetero) is 1. The van der Waals surface area contributed by atoms with Crippen molar-refractivity contribution in [1.29, 1.82) is 5.26 Å². The number of carbonyl (C=O) groups is 1. The van der Waals surface area contributed by atoms with E-state index in [0.29, 0.717) is 16.2 Å². The third kappa shape index (κ3) is 4.80. The minimum atomic E-state index is 0.0528. The van der Waals surface area contributed by atoms with Crippen molar-refractivity contribution in [2.45, 2.75) is 43.6 Å². The number of rotatable bonds is 5. The summed E-state index contributed by atoms with van der Waals surface area (Å²) in [6.07, 6.45) is 6.74. The smallest absolute Gasteiger partial charge is 0.173 e. The predicted octanol–water partition coefficient (Wildman–Crippen LogP) is 6.25. The first-order valence-electron chi connectivity index (χ1n) is 10.5. The minimum absolute atomic E-state index is 0.0528. The normalized spacial score (nSPS) is 13.6. The van der Waals surface area contributed by atoms with Crippen molar-refractivity contribution in [2.75, 3.05) is 5.75 Å². The van der Waals surface area contributed by atoms with Crippen LogP contribution in [0.4, 0.5) is 0 Å². The Morgan fingerprint density at radius 1 is 0.933 bits per heavy atom. The van der Waals surface area contributed by atoms with Gasteiger partial charge in [-0.2, -0.15) is 5.26 Å². The number of hydrogen-bond acceptors (Lipinski definition) is 4. The molecule has 150 valence electrons. The molecule has 1 heterocycles. The number of nitriles is 1. The molecule has 0 spiro atoms. The Morgan fingerprint density at radius 3 is 2.37 bits per heavy atom. The Balaban J connectivity index is 1.47. The number of aryl methyl sites for hydroxylation is 2. The lowest BCUT2D eigenvalue weighted by molar-refractivity contribution is 0.102. The van der Waals surface area contributed by atoms with Crippen LogP contribution >= 0.6 is 11.8 Å². The molecule has 4 rings (SSSR count). The topological polar surface area (TPSA) is 53.8 Å². The van der Waals surface area contributed by atoms with E-state index in [1.807, 2.05) is 48.5 Å². The average molecular weight is 413 g/mol. The van der Waals surface area contributed by atoms with Gasteiger partial charge in [-0.05, 0) is 48.4 Å². The van der Waals surface area contributed by atoms with E-state index in [1.165, 1.54) is 30.2 Å². The molecule has 30 heavy (non-hydrogen) atoms. The van der Waals surface area contributed by atoms with Gasteiger partial charge in [0, 0.05) is 11.3 Å². The number of nitrogens with zero attached hydrogens (tertiary/aromatic N) is 2. The molecule has 0 amide bonds. The molecule has 1 aliphatic rings. The van der Waals surface area contributed by atoms with Gasteiger partial charge in [0.1, 0.15) is 11.1 Å². The number of benzene rings is 2. The molecule has 0 bridgehead atoms. The number of thioether (sulfide) groups is 1. The molecule has 0 aliphatic heterocycles. The van der Waals surface area contributed by atoms with Gasteiger partial charge in [0.25, 0.3) is 0 Å². The Hall–Kier alpha value is -2.90. The van der Waals surface area contributed by atoms with Gasteiger partial charge < -0.3 is 0 Å². The lowest BCUT2D eigenvalue weighted by Crippen LogP contribution is -2.07. The van der Waals surface area contributed by atoms with Gasteiger partial charge in [-0.25, -0.2) is 4.98 Å². The fourth-order valence-electron chi connectivity index (χ4n) is 3.85. The van der Waals surface area contributed by atoms with E-state index in [4.69, 9.17) is 4.98 Å². The van der Waals surface area contributed by atoms with Gasteiger partial charge in [0.15, 0.2) is 5.78 Å². The van der Waals surface area contributed by atoms with Gasteiger partial charge in [-0.3, -0.25) is 4.79 Å². The molecule has 0 saturated heterocycles. The molecule has 4 heteroatoms. The maximum Gasteiger partial charge on any atom is 0.173 e. The molecule has 0 atom stereocenters. The van der Waals surface area contributed by atoms with E-state index in [-0.39, 0.29) is 11.5 Å². The Morgan fingerprint density at radius 2 is 1.63 bits per heavy atom. The summed E-state index contributed by atoms with van der Waals surface area (Å²) >= 11 is 1.38. The van der Waals surface area contributed by atoms with E-state index in [0.717, 1.165) is 42.5 Å². The summed E-state index contributed by atoms with van der Waals surface area (Å²) in [5, 5.41) is 10.3. The highest BCUT2D eigenvalue weighted by Crippen LogP contribution is 2.27. The number of pyridine rings is 1. The highest BCUT2D eigenvalue weighted by atomic mass is 32.2. The van der Waals surface area contributed by atoms with E-state index in [2.05, 4.69) is 18.2 Å². The van der Waals surface area contributed by atoms with Crippen LogP contribution in [0.15, 0.2) is 65.7 Å². The Bertz CT molecular complexity index is 1070. The van der Waals surface area contributed by atoms with Crippen LogP contribution in [-0.2, 0) is 12.8 Å². The van der Waals surface area contributed by atoms with Gasteiger partial charge in [0.05, 0.1) is 11.3 Å². The standard InChI is InChI=1S/C26H24N2OS/c27-17-23-16-22-10-4-1-2-7-11-24(22)28-26(23)30-18-25(29)21-14-12-20(13-15-21)19-8-5-3-6-9-19/h3,5-6,8-9,12-16H,1-2,4,7,10-11,18H2. The van der Waals surface area contributed by atoms with E-state index in [9.17, 15) is 10.1 Å². The third-order valence-corrected chi connectivity index (χ3v) is 6.53. The lowest BCUT2D eigenvalue weighted by Gasteiger charge is -2.15. The highest BCUT2D eigenvalue weighted by molar-refractivity contribution is 8.00. The van der Waals surface area contributed by atoms with Crippen molar-refractivity contribution in [1.82, 2.24) is 4.98 Å². The molecule has 0 fully saturated rings. The zero-order valence-electron chi connectivity index (χ0n) is 16.9. The van der Waals surface area contributed by atoms with E-state index >= 15 is 0 Å². The van der Waals surface area contributed by atoms with E-state index < -0.39 is 0 Å². The first-order valence-corrected chi connectivity index (χ1v) is 11.5. The van der Waals surface area contributed by atoms with Crippen molar-refractivity contribution in [3.05, 3.63) is 83.0 Å².